The van der Waals surface area contributed by atoms with E-state index in [0.717, 1.165) is 0 Å². The van der Waals surface area contributed by atoms with Crippen LogP contribution in [-0.2, 0) is 11.2 Å². The molecule has 1 unspecified atom stereocenters. The first kappa shape index (κ1) is 15.6. The van der Waals surface area contributed by atoms with E-state index in [1.54, 1.807) is 18.2 Å². The molecule has 108 valence electrons. The van der Waals surface area contributed by atoms with Gasteiger partial charge < -0.3 is 19.9 Å². The van der Waals surface area contributed by atoms with Crippen LogP contribution >= 0.6 is 0 Å². The van der Waals surface area contributed by atoms with Gasteiger partial charge >= 0.3 is 0 Å². The van der Waals surface area contributed by atoms with Crippen molar-refractivity contribution in [1.82, 2.24) is 5.32 Å². The molecule has 8 heteroatoms. The highest BCUT2D eigenvalue weighted by Crippen LogP contribution is 2.24. The lowest BCUT2D eigenvalue weighted by Gasteiger charge is -2.15. The summed E-state index contributed by atoms with van der Waals surface area (Å²) in [5, 5.41) is 15.2. The minimum Gasteiger partial charge on any atom is -0.497 e. The highest BCUT2D eigenvalue weighted by atomic mass is 16.5. The van der Waals surface area contributed by atoms with E-state index in [2.05, 4.69) is 15.3 Å². The number of carbonyl (C=O) groups excluding carboxylic acids is 1. The summed E-state index contributed by atoms with van der Waals surface area (Å²) in [5.74, 6) is 0.639. The summed E-state index contributed by atoms with van der Waals surface area (Å²) >= 11 is 0. The number of benzene rings is 1. The monoisotopic (exact) mass is 280 g/mol. The molecular weight excluding hydrogens is 264 g/mol. The van der Waals surface area contributed by atoms with Crippen LogP contribution in [0, 0.1) is 0 Å². The van der Waals surface area contributed by atoms with E-state index in [1.165, 1.54) is 14.2 Å². The number of ether oxygens (including phenoxy) is 2. The molecule has 0 aliphatic rings. The lowest BCUT2D eigenvalue weighted by molar-refractivity contribution is -0.122. The number of amides is 1. The van der Waals surface area contributed by atoms with Crippen LogP contribution in [-0.4, -0.2) is 38.0 Å². The van der Waals surface area contributed by atoms with Crippen LogP contribution in [0.1, 0.15) is 5.56 Å². The maximum atomic E-state index is 11.3. The number of aliphatic hydroxyl groups excluding tert-OH is 1. The molecule has 1 amide bonds. The van der Waals surface area contributed by atoms with Gasteiger partial charge in [-0.3, -0.25) is 4.79 Å². The molecule has 0 saturated heterocycles. The Morgan fingerprint density at radius 2 is 2.25 bits per heavy atom. The Bertz CT molecular complexity index is 514. The standard InChI is InChI=1S/C12H16N4O4/c1-19-9-3-4-10(20-2)8(5-9)6-11(17)15-12(18)7-14-16-13/h3-5,11,17H,6-7H2,1-2H3,(H,15,18). The average molecular weight is 280 g/mol. The van der Waals surface area contributed by atoms with Crippen LogP contribution in [0.3, 0.4) is 0 Å². The number of aliphatic hydroxyl groups is 1. The molecule has 0 saturated carbocycles. The maximum Gasteiger partial charge on any atom is 0.227 e. The molecule has 0 aromatic heterocycles. The zero-order valence-electron chi connectivity index (χ0n) is 11.2. The van der Waals surface area contributed by atoms with E-state index >= 15 is 0 Å². The van der Waals surface area contributed by atoms with Gasteiger partial charge in [-0.25, -0.2) is 0 Å². The van der Waals surface area contributed by atoms with Gasteiger partial charge in [0, 0.05) is 16.9 Å². The van der Waals surface area contributed by atoms with Crippen molar-refractivity contribution in [3.05, 3.63) is 34.2 Å². The molecule has 20 heavy (non-hydrogen) atoms. The van der Waals surface area contributed by atoms with E-state index in [4.69, 9.17) is 15.0 Å². The van der Waals surface area contributed by atoms with Crippen LogP contribution in [0.4, 0.5) is 0 Å². The van der Waals surface area contributed by atoms with Crippen LogP contribution in [0.5, 0.6) is 11.5 Å². The first-order valence-corrected chi connectivity index (χ1v) is 5.80. The molecule has 0 aliphatic carbocycles. The van der Waals surface area contributed by atoms with Crippen molar-refractivity contribution in [2.75, 3.05) is 20.8 Å². The number of hydrogen-bond acceptors (Lipinski definition) is 5. The SMILES string of the molecule is COc1ccc(OC)c(CC(O)NC(=O)CN=[N+]=[N-])c1. The highest BCUT2D eigenvalue weighted by molar-refractivity contribution is 5.78. The number of rotatable bonds is 7. The largest absolute Gasteiger partial charge is 0.497 e. The summed E-state index contributed by atoms with van der Waals surface area (Å²) in [6, 6.07) is 5.15. The molecule has 1 atom stereocenters. The number of methoxy groups -OCH3 is 2. The van der Waals surface area contributed by atoms with Crippen molar-refractivity contribution in [2.24, 2.45) is 5.11 Å². The summed E-state index contributed by atoms with van der Waals surface area (Å²) in [6.07, 6.45) is -0.972. The second kappa shape index (κ2) is 7.88. The van der Waals surface area contributed by atoms with Crippen molar-refractivity contribution in [2.45, 2.75) is 12.6 Å². The Hall–Kier alpha value is -2.44. The minimum absolute atomic E-state index is 0.141. The summed E-state index contributed by atoms with van der Waals surface area (Å²) in [7, 11) is 3.04. The molecule has 8 nitrogen and oxygen atoms in total. The van der Waals surface area contributed by atoms with Gasteiger partial charge in [0.25, 0.3) is 0 Å². The molecular formula is C12H16N4O4. The maximum absolute atomic E-state index is 11.3. The normalized spacial score (nSPS) is 11.2. The lowest BCUT2D eigenvalue weighted by atomic mass is 10.1. The van der Waals surface area contributed by atoms with Gasteiger partial charge in [0.05, 0.1) is 14.2 Å². The summed E-state index contributed by atoms with van der Waals surface area (Å²) in [6.45, 7) is -0.358. The first-order chi connectivity index (χ1) is 9.60. The van der Waals surface area contributed by atoms with Crippen LogP contribution in [0.15, 0.2) is 23.3 Å². The molecule has 2 N–H and O–H groups in total. The topological polar surface area (TPSA) is 117 Å². The quantitative estimate of drug-likeness (QED) is 0.335. The Labute approximate surface area is 115 Å². The molecule has 0 bridgehead atoms. The Kier molecular flexibility index (Phi) is 6.15. The number of azide groups is 1. The van der Waals surface area contributed by atoms with Crippen molar-refractivity contribution >= 4 is 5.91 Å². The van der Waals surface area contributed by atoms with Crippen LogP contribution in [0.25, 0.3) is 10.4 Å². The fourth-order valence-corrected chi connectivity index (χ4v) is 1.63. The van der Waals surface area contributed by atoms with E-state index in [9.17, 15) is 9.90 Å². The summed E-state index contributed by atoms with van der Waals surface area (Å²) in [4.78, 5) is 13.8. The fourth-order valence-electron chi connectivity index (χ4n) is 1.63. The molecule has 1 aromatic rings. The van der Waals surface area contributed by atoms with Gasteiger partial charge in [-0.05, 0) is 23.7 Å². The zero-order valence-corrected chi connectivity index (χ0v) is 11.2. The highest BCUT2D eigenvalue weighted by Gasteiger charge is 2.13. The lowest BCUT2D eigenvalue weighted by Crippen LogP contribution is -2.37. The molecule has 0 radical (unpaired) electrons. The molecule has 0 heterocycles. The predicted molar refractivity (Wildman–Crippen MR) is 71.4 cm³/mol. The fraction of sp³-hybridized carbons (Fsp3) is 0.417. The minimum atomic E-state index is -1.11. The number of carbonyl (C=O) groups is 1. The molecule has 0 spiro atoms. The predicted octanol–water partition coefficient (Wildman–Crippen LogP) is 0.991. The molecule has 1 rings (SSSR count). The van der Waals surface area contributed by atoms with Crippen molar-refractivity contribution < 1.29 is 19.4 Å². The Balaban J connectivity index is 2.71. The van der Waals surface area contributed by atoms with E-state index in [-0.39, 0.29) is 13.0 Å². The average Bonchev–Trinajstić information content (AvgIpc) is 2.44. The van der Waals surface area contributed by atoms with Gasteiger partial charge in [-0.2, -0.15) is 0 Å². The summed E-state index contributed by atoms with van der Waals surface area (Å²) in [5.41, 5.74) is 8.78. The Morgan fingerprint density at radius 1 is 1.50 bits per heavy atom. The third-order valence-corrected chi connectivity index (χ3v) is 2.51. The van der Waals surface area contributed by atoms with Crippen molar-refractivity contribution in [1.29, 1.82) is 0 Å². The van der Waals surface area contributed by atoms with Crippen molar-refractivity contribution in [3.8, 4) is 11.5 Å². The van der Waals surface area contributed by atoms with Gasteiger partial charge in [-0.15, -0.1) is 0 Å². The van der Waals surface area contributed by atoms with Gasteiger partial charge in [0.1, 0.15) is 24.3 Å². The number of nitrogens with one attached hydrogen (secondary N) is 1. The number of hydrogen-bond donors (Lipinski definition) is 2. The molecule has 0 aliphatic heterocycles. The van der Waals surface area contributed by atoms with Gasteiger partial charge in [0.15, 0.2) is 0 Å². The second-order valence-electron chi connectivity index (χ2n) is 3.85. The third-order valence-electron chi connectivity index (χ3n) is 2.51. The van der Waals surface area contributed by atoms with E-state index in [0.29, 0.717) is 17.1 Å². The third kappa shape index (κ3) is 4.68. The summed E-state index contributed by atoms with van der Waals surface area (Å²) < 4.78 is 10.3. The second-order valence-corrected chi connectivity index (χ2v) is 3.85. The van der Waals surface area contributed by atoms with E-state index < -0.39 is 12.1 Å². The van der Waals surface area contributed by atoms with Crippen molar-refractivity contribution in [3.63, 3.8) is 0 Å². The smallest absolute Gasteiger partial charge is 0.227 e. The van der Waals surface area contributed by atoms with Crippen LogP contribution < -0.4 is 14.8 Å². The van der Waals surface area contributed by atoms with Gasteiger partial charge in [0.2, 0.25) is 5.91 Å². The first-order valence-electron chi connectivity index (χ1n) is 5.80. The van der Waals surface area contributed by atoms with E-state index in [1.807, 2.05) is 0 Å². The Morgan fingerprint density at radius 3 is 2.85 bits per heavy atom. The van der Waals surface area contributed by atoms with Gasteiger partial charge in [-0.1, -0.05) is 5.11 Å². The number of nitrogens with zero attached hydrogens (tertiary/aromatic N) is 3. The molecule has 0 fully saturated rings. The van der Waals surface area contributed by atoms with Crippen LogP contribution in [0.2, 0.25) is 0 Å². The molecule has 1 aromatic carbocycles. The zero-order chi connectivity index (χ0) is 15.0.